The van der Waals surface area contributed by atoms with Crippen LogP contribution in [0.2, 0.25) is 0 Å². The number of hydrogen-bond acceptors (Lipinski definition) is 4. The minimum atomic E-state index is -4.52. The predicted molar refractivity (Wildman–Crippen MR) is 95.4 cm³/mol. The fourth-order valence-corrected chi connectivity index (χ4v) is 3.91. The summed E-state index contributed by atoms with van der Waals surface area (Å²) in [6.07, 6.45) is -2.55. The maximum atomic E-state index is 13.4. The van der Waals surface area contributed by atoms with Gasteiger partial charge in [-0.15, -0.1) is 11.8 Å². The fourth-order valence-electron chi connectivity index (χ4n) is 3.10. The zero-order valence-corrected chi connectivity index (χ0v) is 15.7. The normalized spacial score (nSPS) is 18.6. The van der Waals surface area contributed by atoms with Crippen molar-refractivity contribution in [3.63, 3.8) is 0 Å². The number of nitrogens with zero attached hydrogens (tertiary/aromatic N) is 4. The second-order valence-corrected chi connectivity index (χ2v) is 7.93. The highest BCUT2D eigenvalue weighted by molar-refractivity contribution is 7.99. The van der Waals surface area contributed by atoms with Gasteiger partial charge >= 0.3 is 6.18 Å². The Labute approximate surface area is 161 Å². The Morgan fingerprint density at radius 2 is 1.93 bits per heavy atom. The number of fused-ring (bicyclic) bond motifs is 1. The lowest BCUT2D eigenvalue weighted by atomic mass is 10.1. The van der Waals surface area contributed by atoms with Crippen molar-refractivity contribution in [3.8, 4) is 11.5 Å². The van der Waals surface area contributed by atoms with Crippen molar-refractivity contribution in [1.29, 1.82) is 0 Å². The maximum absolute atomic E-state index is 13.4. The van der Waals surface area contributed by atoms with Crippen molar-refractivity contribution in [1.82, 2.24) is 19.5 Å². The topological polar surface area (TPSA) is 43.6 Å². The Morgan fingerprint density at radius 3 is 2.54 bits per heavy atom. The van der Waals surface area contributed by atoms with E-state index < -0.39 is 23.6 Å². The molecule has 0 spiro atoms. The van der Waals surface area contributed by atoms with E-state index in [-0.39, 0.29) is 17.6 Å². The van der Waals surface area contributed by atoms with E-state index in [9.17, 15) is 22.0 Å². The number of pyridine rings is 2. The first-order valence-electron chi connectivity index (χ1n) is 8.52. The highest BCUT2D eigenvalue weighted by Crippen LogP contribution is 2.56. The second-order valence-electron chi connectivity index (χ2n) is 6.63. The van der Waals surface area contributed by atoms with Gasteiger partial charge in [-0.2, -0.15) is 13.2 Å². The van der Waals surface area contributed by atoms with Crippen LogP contribution in [0.25, 0.3) is 22.7 Å². The van der Waals surface area contributed by atoms with Gasteiger partial charge in [0.15, 0.2) is 11.5 Å². The summed E-state index contributed by atoms with van der Waals surface area (Å²) in [6, 6.07) is 2.62. The molecule has 3 aromatic heterocycles. The van der Waals surface area contributed by atoms with Crippen LogP contribution < -0.4 is 0 Å². The Morgan fingerprint density at radius 1 is 1.21 bits per heavy atom. The predicted octanol–water partition coefficient (Wildman–Crippen LogP) is 5.28. The summed E-state index contributed by atoms with van der Waals surface area (Å²) in [5.74, 6) is -2.51. The van der Waals surface area contributed by atoms with Crippen LogP contribution in [0.15, 0.2) is 29.4 Å². The third-order valence-electron chi connectivity index (χ3n) is 4.65. The molecule has 0 aromatic carbocycles. The largest absolute Gasteiger partial charge is 0.417 e. The van der Waals surface area contributed by atoms with Gasteiger partial charge in [0.25, 0.3) is 5.92 Å². The fraction of sp³-hybridized carbons (Fsp3) is 0.389. The number of halogens is 5. The van der Waals surface area contributed by atoms with Crippen LogP contribution in [0, 0.1) is 0 Å². The standard InChI is InChI=1S/C18H15F5N4S/c1-3-28-13-4-9(11-6-17(11,19)20)7-24-14(13)16-26-12-5-10(18(21,22)23)8-25-15(12)27(16)2/h4-5,7-8,11H,3,6H2,1-2H3. The molecule has 0 aliphatic heterocycles. The highest BCUT2D eigenvalue weighted by Gasteiger charge is 2.57. The molecular formula is C18H15F5N4S. The number of aromatic nitrogens is 4. The van der Waals surface area contributed by atoms with Crippen LogP contribution in [0.3, 0.4) is 0 Å². The van der Waals surface area contributed by atoms with Crippen molar-refractivity contribution >= 4 is 22.9 Å². The molecule has 0 saturated heterocycles. The van der Waals surface area contributed by atoms with Crippen molar-refractivity contribution in [3.05, 3.63) is 35.7 Å². The molecule has 4 rings (SSSR count). The van der Waals surface area contributed by atoms with E-state index in [1.165, 1.54) is 18.0 Å². The van der Waals surface area contributed by atoms with Crippen molar-refractivity contribution in [2.75, 3.05) is 5.75 Å². The molecule has 1 saturated carbocycles. The summed E-state index contributed by atoms with van der Waals surface area (Å²) in [6.45, 7) is 1.92. The maximum Gasteiger partial charge on any atom is 0.417 e. The zero-order chi connectivity index (χ0) is 20.3. The molecule has 148 valence electrons. The van der Waals surface area contributed by atoms with E-state index in [4.69, 9.17) is 0 Å². The Bertz CT molecular complexity index is 1060. The van der Waals surface area contributed by atoms with Gasteiger partial charge in [0.1, 0.15) is 11.2 Å². The zero-order valence-electron chi connectivity index (χ0n) is 14.9. The van der Waals surface area contributed by atoms with Gasteiger partial charge in [0.2, 0.25) is 0 Å². The molecule has 0 N–H and O–H groups in total. The van der Waals surface area contributed by atoms with Gasteiger partial charge in [-0.25, -0.2) is 18.7 Å². The molecular weight excluding hydrogens is 399 g/mol. The van der Waals surface area contributed by atoms with Gasteiger partial charge in [-0.3, -0.25) is 4.98 Å². The molecule has 1 unspecified atom stereocenters. The van der Waals surface area contributed by atoms with Crippen LogP contribution in [0.1, 0.15) is 30.4 Å². The van der Waals surface area contributed by atoms with Gasteiger partial charge in [0, 0.05) is 30.8 Å². The van der Waals surface area contributed by atoms with Crippen LogP contribution >= 0.6 is 11.8 Å². The third kappa shape index (κ3) is 3.23. The number of aryl methyl sites for hydroxylation is 1. The molecule has 0 radical (unpaired) electrons. The molecule has 4 nitrogen and oxygen atoms in total. The van der Waals surface area contributed by atoms with Crippen LogP contribution in [-0.2, 0) is 13.2 Å². The minimum absolute atomic E-state index is 0.0966. The smallest absolute Gasteiger partial charge is 0.310 e. The van der Waals surface area contributed by atoms with Crippen molar-refractivity contribution < 1.29 is 22.0 Å². The number of alkyl halides is 5. The summed E-state index contributed by atoms with van der Waals surface area (Å²) in [5, 5.41) is 0. The van der Waals surface area contributed by atoms with Crippen LogP contribution in [-0.4, -0.2) is 31.2 Å². The SMILES string of the molecule is CCSc1cc(C2CC2(F)F)cnc1-c1nc2cc(C(F)(F)F)cnc2n1C. The Hall–Kier alpha value is -2.23. The first-order chi connectivity index (χ1) is 13.1. The summed E-state index contributed by atoms with van der Waals surface area (Å²) < 4.78 is 67.2. The summed E-state index contributed by atoms with van der Waals surface area (Å²) in [4.78, 5) is 13.2. The van der Waals surface area contributed by atoms with Crippen LogP contribution in [0.4, 0.5) is 22.0 Å². The number of imidazole rings is 1. The lowest BCUT2D eigenvalue weighted by Gasteiger charge is -2.10. The molecule has 3 heterocycles. The Kier molecular flexibility index (Phi) is 4.36. The van der Waals surface area contributed by atoms with E-state index in [1.807, 2.05) is 6.92 Å². The summed E-state index contributed by atoms with van der Waals surface area (Å²) >= 11 is 1.42. The van der Waals surface area contributed by atoms with Crippen molar-refractivity contribution in [2.24, 2.45) is 7.05 Å². The van der Waals surface area contributed by atoms with Gasteiger partial charge < -0.3 is 4.57 Å². The molecule has 1 atom stereocenters. The highest BCUT2D eigenvalue weighted by atomic mass is 32.2. The third-order valence-corrected chi connectivity index (χ3v) is 5.56. The Balaban J connectivity index is 1.81. The van der Waals surface area contributed by atoms with E-state index in [1.54, 1.807) is 17.7 Å². The van der Waals surface area contributed by atoms with E-state index in [2.05, 4.69) is 15.0 Å². The van der Waals surface area contributed by atoms with Crippen molar-refractivity contribution in [2.45, 2.75) is 36.3 Å². The summed E-state index contributed by atoms with van der Waals surface area (Å²) in [5.41, 5.74) is 0.399. The first kappa shape index (κ1) is 19.1. The lowest BCUT2D eigenvalue weighted by Crippen LogP contribution is -2.05. The quantitative estimate of drug-likeness (QED) is 0.430. The molecule has 28 heavy (non-hydrogen) atoms. The van der Waals surface area contributed by atoms with E-state index in [0.717, 1.165) is 12.3 Å². The molecule has 3 aromatic rings. The molecule has 0 bridgehead atoms. The second kappa shape index (κ2) is 6.40. The average Bonchev–Trinajstić information content (AvgIpc) is 3.14. The first-order valence-corrected chi connectivity index (χ1v) is 9.51. The molecule has 1 aliphatic rings. The van der Waals surface area contributed by atoms with E-state index >= 15 is 0 Å². The van der Waals surface area contributed by atoms with Gasteiger partial charge in [-0.1, -0.05) is 6.92 Å². The molecule has 1 fully saturated rings. The van der Waals surface area contributed by atoms with E-state index in [0.29, 0.717) is 27.7 Å². The average molecular weight is 414 g/mol. The molecule has 0 amide bonds. The number of thioether (sulfide) groups is 1. The van der Waals surface area contributed by atoms with Gasteiger partial charge in [0.05, 0.1) is 11.5 Å². The van der Waals surface area contributed by atoms with Gasteiger partial charge in [-0.05, 0) is 23.4 Å². The molecule has 10 heteroatoms. The number of hydrogen-bond donors (Lipinski definition) is 0. The minimum Gasteiger partial charge on any atom is -0.310 e. The van der Waals surface area contributed by atoms with Crippen LogP contribution in [0.5, 0.6) is 0 Å². The molecule has 1 aliphatic carbocycles. The monoisotopic (exact) mass is 414 g/mol. The lowest BCUT2D eigenvalue weighted by molar-refractivity contribution is -0.137. The number of rotatable bonds is 4. The summed E-state index contributed by atoms with van der Waals surface area (Å²) in [7, 11) is 1.63.